The van der Waals surface area contributed by atoms with E-state index in [2.05, 4.69) is 0 Å². The van der Waals surface area contributed by atoms with Crippen molar-refractivity contribution in [2.24, 2.45) is 0 Å². The smallest absolute Gasteiger partial charge is 0.255 e. The summed E-state index contributed by atoms with van der Waals surface area (Å²) >= 11 is 0. The molecule has 0 aliphatic heterocycles. The van der Waals surface area contributed by atoms with E-state index in [9.17, 15) is 13.6 Å². The molecule has 0 spiro atoms. The predicted octanol–water partition coefficient (Wildman–Crippen LogP) is 0.878. The molecule has 2 N–H and O–H groups in total. The average molecular weight is 259 g/mol. The van der Waals surface area contributed by atoms with Crippen molar-refractivity contribution in [2.45, 2.75) is 13.0 Å². The van der Waals surface area contributed by atoms with Crippen molar-refractivity contribution < 1.29 is 23.8 Å². The highest BCUT2D eigenvalue weighted by Crippen LogP contribution is 2.09. The van der Waals surface area contributed by atoms with Gasteiger partial charge in [0, 0.05) is 12.1 Å². The molecule has 0 saturated carbocycles. The number of benzene rings is 1. The molecule has 0 saturated heterocycles. The fourth-order valence-electron chi connectivity index (χ4n) is 1.50. The molecule has 0 aromatic heterocycles. The fraction of sp³-hybridized carbons (Fsp3) is 0.417. The minimum atomic E-state index is -2.64. The van der Waals surface area contributed by atoms with E-state index in [0.29, 0.717) is 5.56 Å². The number of hydrogen-bond acceptors (Lipinski definition) is 3. The summed E-state index contributed by atoms with van der Waals surface area (Å²) in [5.74, 6) is -0.561. The van der Waals surface area contributed by atoms with E-state index in [0.717, 1.165) is 4.90 Å². The van der Waals surface area contributed by atoms with Crippen LogP contribution in [0.15, 0.2) is 24.3 Å². The summed E-state index contributed by atoms with van der Waals surface area (Å²) < 4.78 is 24.6. The molecule has 0 fully saturated rings. The van der Waals surface area contributed by atoms with E-state index in [1.165, 1.54) is 12.1 Å². The number of aliphatic hydroxyl groups is 2. The molecular formula is C12H15F2NO3. The lowest BCUT2D eigenvalue weighted by Gasteiger charge is -2.21. The summed E-state index contributed by atoms with van der Waals surface area (Å²) in [5, 5.41) is 17.6. The largest absolute Gasteiger partial charge is 0.395 e. The van der Waals surface area contributed by atoms with Crippen LogP contribution in [-0.4, -0.2) is 47.1 Å². The molecule has 1 aromatic carbocycles. The number of rotatable bonds is 6. The lowest BCUT2D eigenvalue weighted by atomic mass is 10.1. The van der Waals surface area contributed by atoms with Crippen molar-refractivity contribution in [3.05, 3.63) is 35.4 Å². The van der Waals surface area contributed by atoms with Crippen molar-refractivity contribution in [1.29, 1.82) is 0 Å². The molecule has 1 amide bonds. The molecule has 1 rings (SSSR count). The van der Waals surface area contributed by atoms with Gasteiger partial charge in [-0.15, -0.1) is 0 Å². The van der Waals surface area contributed by atoms with Crippen LogP contribution >= 0.6 is 0 Å². The molecular weight excluding hydrogens is 244 g/mol. The van der Waals surface area contributed by atoms with Crippen LogP contribution in [0.1, 0.15) is 15.9 Å². The van der Waals surface area contributed by atoms with Gasteiger partial charge < -0.3 is 15.1 Å². The Balaban J connectivity index is 2.80. The van der Waals surface area contributed by atoms with E-state index in [-0.39, 0.29) is 25.3 Å². The van der Waals surface area contributed by atoms with Gasteiger partial charge in [-0.3, -0.25) is 4.79 Å². The summed E-state index contributed by atoms with van der Waals surface area (Å²) in [6, 6.07) is 6.02. The van der Waals surface area contributed by atoms with Crippen LogP contribution in [0.5, 0.6) is 0 Å². The summed E-state index contributed by atoms with van der Waals surface area (Å²) in [7, 11) is 0. The first kappa shape index (κ1) is 14.5. The fourth-order valence-corrected chi connectivity index (χ4v) is 1.50. The molecule has 4 nitrogen and oxygen atoms in total. The zero-order valence-electron chi connectivity index (χ0n) is 9.72. The van der Waals surface area contributed by atoms with Gasteiger partial charge in [0.05, 0.1) is 19.8 Å². The van der Waals surface area contributed by atoms with Gasteiger partial charge in [0.25, 0.3) is 12.3 Å². The number of amides is 1. The van der Waals surface area contributed by atoms with Gasteiger partial charge in [0.1, 0.15) is 0 Å². The molecule has 100 valence electrons. The first-order valence-corrected chi connectivity index (χ1v) is 5.46. The van der Waals surface area contributed by atoms with Crippen LogP contribution in [0.2, 0.25) is 0 Å². The van der Waals surface area contributed by atoms with Crippen LogP contribution in [-0.2, 0) is 6.61 Å². The van der Waals surface area contributed by atoms with Crippen LogP contribution in [0.4, 0.5) is 8.78 Å². The number of carbonyl (C=O) groups excluding carboxylic acids is 1. The Morgan fingerprint density at radius 2 is 1.83 bits per heavy atom. The first-order valence-electron chi connectivity index (χ1n) is 5.46. The van der Waals surface area contributed by atoms with Gasteiger partial charge in [-0.05, 0) is 17.7 Å². The first-order chi connectivity index (χ1) is 8.58. The Hall–Kier alpha value is -1.53. The molecule has 6 heteroatoms. The van der Waals surface area contributed by atoms with Crippen molar-refractivity contribution in [3.63, 3.8) is 0 Å². The monoisotopic (exact) mass is 259 g/mol. The summed E-state index contributed by atoms with van der Waals surface area (Å²) in [5.41, 5.74) is 0.885. The van der Waals surface area contributed by atoms with Gasteiger partial charge in [0.2, 0.25) is 0 Å². The zero-order chi connectivity index (χ0) is 13.5. The lowest BCUT2D eigenvalue weighted by Crippen LogP contribution is -2.37. The third kappa shape index (κ3) is 4.05. The Labute approximate surface area is 103 Å². The minimum absolute atomic E-state index is 0.134. The van der Waals surface area contributed by atoms with Crippen LogP contribution < -0.4 is 0 Å². The summed E-state index contributed by atoms with van der Waals surface area (Å²) in [6.45, 7) is -1.36. The second kappa shape index (κ2) is 7.03. The van der Waals surface area contributed by atoms with E-state index in [4.69, 9.17) is 10.2 Å². The summed E-state index contributed by atoms with van der Waals surface area (Å²) in [4.78, 5) is 12.8. The molecule has 1 aromatic rings. The van der Waals surface area contributed by atoms with E-state index in [1.807, 2.05) is 0 Å². The van der Waals surface area contributed by atoms with E-state index < -0.39 is 18.9 Å². The Morgan fingerprint density at radius 3 is 2.28 bits per heavy atom. The number of alkyl halides is 2. The Morgan fingerprint density at radius 1 is 1.22 bits per heavy atom. The van der Waals surface area contributed by atoms with Crippen molar-refractivity contribution in [2.75, 3.05) is 19.7 Å². The third-order valence-corrected chi connectivity index (χ3v) is 2.40. The highest BCUT2D eigenvalue weighted by atomic mass is 19.3. The molecule has 0 bridgehead atoms. The topological polar surface area (TPSA) is 60.8 Å². The number of carbonyl (C=O) groups is 1. The summed E-state index contributed by atoms with van der Waals surface area (Å²) in [6.07, 6.45) is -2.64. The molecule has 18 heavy (non-hydrogen) atoms. The molecule has 0 unspecified atom stereocenters. The van der Waals surface area contributed by atoms with Gasteiger partial charge in [0.15, 0.2) is 0 Å². The molecule has 0 radical (unpaired) electrons. The van der Waals surface area contributed by atoms with Gasteiger partial charge >= 0.3 is 0 Å². The number of halogens is 2. The second-order valence-electron chi connectivity index (χ2n) is 3.72. The normalized spacial score (nSPS) is 10.7. The number of hydrogen-bond donors (Lipinski definition) is 2. The van der Waals surface area contributed by atoms with Crippen molar-refractivity contribution >= 4 is 5.91 Å². The Kier molecular flexibility index (Phi) is 5.67. The minimum Gasteiger partial charge on any atom is -0.395 e. The van der Waals surface area contributed by atoms with Crippen molar-refractivity contribution in [3.8, 4) is 0 Å². The molecule has 0 aliphatic rings. The van der Waals surface area contributed by atoms with Gasteiger partial charge in [-0.1, -0.05) is 12.1 Å². The Bertz CT molecular complexity index is 381. The van der Waals surface area contributed by atoms with Gasteiger partial charge in [-0.2, -0.15) is 0 Å². The molecule has 0 aliphatic carbocycles. The third-order valence-electron chi connectivity index (χ3n) is 2.40. The second-order valence-corrected chi connectivity index (χ2v) is 3.72. The van der Waals surface area contributed by atoms with Crippen LogP contribution in [0.25, 0.3) is 0 Å². The van der Waals surface area contributed by atoms with Crippen molar-refractivity contribution in [1.82, 2.24) is 4.90 Å². The SMILES string of the molecule is O=C(c1ccc(CO)cc1)N(CCO)CC(F)F. The van der Waals surface area contributed by atoms with E-state index in [1.54, 1.807) is 12.1 Å². The predicted molar refractivity (Wildman–Crippen MR) is 61.4 cm³/mol. The maximum Gasteiger partial charge on any atom is 0.255 e. The molecule has 0 heterocycles. The maximum absolute atomic E-state index is 12.3. The number of aliphatic hydroxyl groups excluding tert-OH is 2. The maximum atomic E-state index is 12.3. The van der Waals surface area contributed by atoms with Gasteiger partial charge in [-0.25, -0.2) is 8.78 Å². The highest BCUT2D eigenvalue weighted by Gasteiger charge is 2.19. The average Bonchev–Trinajstić information content (AvgIpc) is 2.37. The van der Waals surface area contributed by atoms with Crippen LogP contribution in [0.3, 0.4) is 0 Å². The number of nitrogens with zero attached hydrogens (tertiary/aromatic N) is 1. The standard InChI is InChI=1S/C12H15F2NO3/c13-11(14)7-15(5-6-16)12(18)10-3-1-9(8-17)2-4-10/h1-4,11,16-17H,5-8H2. The highest BCUT2D eigenvalue weighted by molar-refractivity contribution is 5.94. The quantitative estimate of drug-likeness (QED) is 0.797. The molecule has 0 atom stereocenters. The van der Waals surface area contributed by atoms with Crippen LogP contribution in [0, 0.1) is 0 Å². The lowest BCUT2D eigenvalue weighted by molar-refractivity contribution is 0.0509. The zero-order valence-corrected chi connectivity index (χ0v) is 9.72. The van der Waals surface area contributed by atoms with E-state index >= 15 is 0 Å².